The lowest BCUT2D eigenvalue weighted by Crippen LogP contribution is -2.52. The van der Waals surface area contributed by atoms with Crippen molar-refractivity contribution in [2.75, 3.05) is 18.0 Å². The molecule has 0 aliphatic heterocycles. The number of nitrogens with zero attached hydrogens (tertiary/aromatic N) is 2. The average Bonchev–Trinajstić information content (AvgIpc) is 3.48. The molecule has 1 N–H and O–H groups in total. The van der Waals surface area contributed by atoms with Crippen LogP contribution in [0.1, 0.15) is 43.7 Å². The van der Waals surface area contributed by atoms with Crippen molar-refractivity contribution in [1.82, 2.24) is 10.2 Å². The van der Waals surface area contributed by atoms with Gasteiger partial charge in [-0.05, 0) is 80.3 Å². The Morgan fingerprint density at radius 2 is 1.68 bits per heavy atom. The minimum absolute atomic E-state index is 0.0517. The number of halogens is 1. The van der Waals surface area contributed by atoms with E-state index in [-0.39, 0.29) is 23.4 Å². The molecule has 41 heavy (non-hydrogen) atoms. The molecule has 1 aliphatic rings. The maximum absolute atomic E-state index is 14.1. The van der Waals surface area contributed by atoms with Gasteiger partial charge in [-0.1, -0.05) is 54.8 Å². The number of sulfonamides is 1. The molecule has 4 rings (SSSR count). The second-order valence-corrected chi connectivity index (χ2v) is 12.6. The first-order valence-corrected chi connectivity index (χ1v) is 15.5. The molecule has 0 bridgehead atoms. The maximum atomic E-state index is 14.1. The highest BCUT2D eigenvalue weighted by Gasteiger charge is 2.33. The van der Waals surface area contributed by atoms with Crippen molar-refractivity contribution in [3.63, 3.8) is 0 Å². The largest absolute Gasteiger partial charge is 0.497 e. The maximum Gasteiger partial charge on any atom is 0.264 e. The number of hydrogen-bond acceptors (Lipinski definition) is 5. The third-order valence-electron chi connectivity index (χ3n) is 7.42. The zero-order valence-electron chi connectivity index (χ0n) is 23.5. The van der Waals surface area contributed by atoms with Gasteiger partial charge >= 0.3 is 0 Å². The summed E-state index contributed by atoms with van der Waals surface area (Å²) in [5, 5.41) is 3.53. The summed E-state index contributed by atoms with van der Waals surface area (Å²) in [6, 6.07) is 19.3. The Hall–Kier alpha value is -3.56. The molecule has 1 aliphatic carbocycles. The van der Waals surface area contributed by atoms with Crippen LogP contribution >= 0.6 is 11.6 Å². The average molecular weight is 598 g/mol. The monoisotopic (exact) mass is 597 g/mol. The normalized spacial score (nSPS) is 14.3. The molecule has 8 nitrogen and oxygen atoms in total. The highest BCUT2D eigenvalue weighted by atomic mass is 35.5. The summed E-state index contributed by atoms with van der Waals surface area (Å²) in [7, 11) is -2.57. The number of carbonyl (C=O) groups is 2. The number of amides is 2. The lowest BCUT2D eigenvalue weighted by atomic mass is 10.1. The summed E-state index contributed by atoms with van der Waals surface area (Å²) in [6.45, 7) is 3.03. The molecule has 0 radical (unpaired) electrons. The lowest BCUT2D eigenvalue weighted by molar-refractivity contribution is -0.139. The summed E-state index contributed by atoms with van der Waals surface area (Å²) >= 11 is 6.17. The predicted molar refractivity (Wildman–Crippen MR) is 161 cm³/mol. The topological polar surface area (TPSA) is 96.0 Å². The third-order valence-corrected chi connectivity index (χ3v) is 9.43. The van der Waals surface area contributed by atoms with Crippen LogP contribution in [0.25, 0.3) is 0 Å². The number of carbonyl (C=O) groups excluding carboxylic acids is 2. The van der Waals surface area contributed by atoms with Crippen molar-refractivity contribution in [2.24, 2.45) is 0 Å². The van der Waals surface area contributed by atoms with Crippen LogP contribution in [-0.4, -0.2) is 50.9 Å². The standard InChI is InChI=1S/C31H36ClN3O5S/c1-22-19-25(32)15-18-29(22)35(41(38,39)28-11-5-4-6-12-28)21-30(36)34(20-24-13-16-27(40-3)17-14-24)23(2)31(37)33-26-9-7-8-10-26/h4-6,11-19,23,26H,7-10,20-21H2,1-3H3,(H,33,37)/t23-/m1/s1. The molecule has 0 heterocycles. The van der Waals surface area contributed by atoms with Crippen LogP contribution in [0.5, 0.6) is 5.75 Å². The van der Waals surface area contributed by atoms with Gasteiger partial charge in [0.05, 0.1) is 17.7 Å². The van der Waals surface area contributed by atoms with Gasteiger partial charge in [-0.2, -0.15) is 0 Å². The first-order chi connectivity index (χ1) is 19.6. The summed E-state index contributed by atoms with van der Waals surface area (Å²) in [5.41, 5.74) is 1.71. The van der Waals surface area contributed by atoms with Gasteiger partial charge in [0, 0.05) is 17.6 Å². The van der Waals surface area contributed by atoms with Crippen molar-refractivity contribution in [3.05, 3.63) is 88.9 Å². The first kappa shape index (κ1) is 30.4. The molecular formula is C31H36ClN3O5S. The predicted octanol–water partition coefficient (Wildman–Crippen LogP) is 5.33. The smallest absolute Gasteiger partial charge is 0.264 e. The molecule has 0 unspecified atom stereocenters. The second kappa shape index (κ2) is 13.4. The van der Waals surface area contributed by atoms with E-state index in [9.17, 15) is 18.0 Å². The van der Waals surface area contributed by atoms with E-state index < -0.39 is 28.5 Å². The van der Waals surface area contributed by atoms with E-state index in [0.717, 1.165) is 35.6 Å². The van der Waals surface area contributed by atoms with Crippen LogP contribution in [0, 0.1) is 6.92 Å². The molecule has 1 atom stereocenters. The first-order valence-electron chi connectivity index (χ1n) is 13.7. The molecule has 218 valence electrons. The van der Waals surface area contributed by atoms with Crippen LogP contribution in [0.15, 0.2) is 77.7 Å². The van der Waals surface area contributed by atoms with Crippen LogP contribution in [0.2, 0.25) is 5.02 Å². The van der Waals surface area contributed by atoms with E-state index in [4.69, 9.17) is 16.3 Å². The molecule has 3 aromatic rings. The molecule has 0 spiro atoms. The van der Waals surface area contributed by atoms with Crippen LogP contribution in [-0.2, 0) is 26.2 Å². The van der Waals surface area contributed by atoms with Gasteiger partial charge in [-0.15, -0.1) is 0 Å². The van der Waals surface area contributed by atoms with E-state index >= 15 is 0 Å². The van der Waals surface area contributed by atoms with Crippen molar-refractivity contribution >= 4 is 39.1 Å². The molecule has 2 amide bonds. The lowest BCUT2D eigenvalue weighted by Gasteiger charge is -2.33. The van der Waals surface area contributed by atoms with Crippen LogP contribution in [0.4, 0.5) is 5.69 Å². The van der Waals surface area contributed by atoms with Crippen molar-refractivity contribution in [2.45, 2.75) is 63.1 Å². The number of nitrogens with one attached hydrogen (secondary N) is 1. The van der Waals surface area contributed by atoms with E-state index in [2.05, 4.69) is 5.32 Å². The quantitative estimate of drug-likeness (QED) is 0.322. The number of aryl methyl sites for hydroxylation is 1. The zero-order valence-corrected chi connectivity index (χ0v) is 25.1. The molecule has 1 fully saturated rings. The number of hydrogen-bond donors (Lipinski definition) is 1. The van der Waals surface area contributed by atoms with Crippen LogP contribution in [0.3, 0.4) is 0 Å². The Labute approximate surface area is 247 Å². The number of anilines is 1. The molecule has 3 aromatic carbocycles. The summed E-state index contributed by atoms with van der Waals surface area (Å²) in [5.74, 6) is -0.111. The van der Waals surface area contributed by atoms with Gasteiger partial charge in [0.2, 0.25) is 11.8 Å². The zero-order chi connectivity index (χ0) is 29.6. The molecule has 10 heteroatoms. The fourth-order valence-corrected chi connectivity index (χ4v) is 6.76. The second-order valence-electron chi connectivity index (χ2n) is 10.3. The fraction of sp³-hybridized carbons (Fsp3) is 0.355. The number of benzene rings is 3. The van der Waals surface area contributed by atoms with E-state index in [0.29, 0.717) is 22.0 Å². The van der Waals surface area contributed by atoms with E-state index in [1.54, 1.807) is 69.5 Å². The fourth-order valence-electron chi connectivity index (χ4n) is 5.03. The Bertz CT molecular complexity index is 1460. The number of rotatable bonds is 11. The van der Waals surface area contributed by atoms with Gasteiger partial charge in [0.1, 0.15) is 18.3 Å². The third kappa shape index (κ3) is 7.40. The molecule has 0 aromatic heterocycles. The Morgan fingerprint density at radius 3 is 2.29 bits per heavy atom. The van der Waals surface area contributed by atoms with Crippen molar-refractivity contribution < 1.29 is 22.7 Å². The SMILES string of the molecule is COc1ccc(CN(C(=O)CN(c2ccc(Cl)cc2C)S(=O)(=O)c2ccccc2)[C@H](C)C(=O)NC2CCCC2)cc1. The summed E-state index contributed by atoms with van der Waals surface area (Å²) in [4.78, 5) is 28.9. The number of ether oxygens (including phenoxy) is 1. The Morgan fingerprint density at radius 1 is 1.02 bits per heavy atom. The van der Waals surface area contributed by atoms with Crippen LogP contribution < -0.4 is 14.4 Å². The molecule has 1 saturated carbocycles. The van der Waals surface area contributed by atoms with Gasteiger partial charge in [0.15, 0.2) is 0 Å². The van der Waals surface area contributed by atoms with Gasteiger partial charge < -0.3 is 15.0 Å². The van der Waals surface area contributed by atoms with Gasteiger partial charge in [0.25, 0.3) is 10.0 Å². The van der Waals surface area contributed by atoms with E-state index in [1.807, 2.05) is 12.1 Å². The molecule has 0 saturated heterocycles. The summed E-state index contributed by atoms with van der Waals surface area (Å²) in [6.07, 6.45) is 3.93. The van der Waals surface area contributed by atoms with Crippen molar-refractivity contribution in [3.8, 4) is 5.75 Å². The van der Waals surface area contributed by atoms with E-state index in [1.165, 1.54) is 17.0 Å². The summed E-state index contributed by atoms with van der Waals surface area (Å²) < 4.78 is 34.2. The Kier molecular flexibility index (Phi) is 9.94. The highest BCUT2D eigenvalue weighted by molar-refractivity contribution is 7.92. The number of methoxy groups -OCH3 is 1. The highest BCUT2D eigenvalue weighted by Crippen LogP contribution is 2.29. The minimum atomic E-state index is -4.14. The Balaban J connectivity index is 1.69. The minimum Gasteiger partial charge on any atom is -0.497 e. The van der Waals surface area contributed by atoms with Crippen molar-refractivity contribution in [1.29, 1.82) is 0 Å². The van der Waals surface area contributed by atoms with Gasteiger partial charge in [-0.3, -0.25) is 13.9 Å². The van der Waals surface area contributed by atoms with Gasteiger partial charge in [-0.25, -0.2) is 8.42 Å². The molecular weight excluding hydrogens is 562 g/mol.